The molecule has 2 rings (SSSR count). The van der Waals surface area contributed by atoms with Crippen LogP contribution in [-0.2, 0) is 16.0 Å². The summed E-state index contributed by atoms with van der Waals surface area (Å²) in [4.78, 5) is 11.7. The Bertz CT molecular complexity index is 546. The molecule has 20 heavy (non-hydrogen) atoms. The number of rotatable bonds is 7. The molecule has 1 unspecified atom stereocenters. The Hall–Kier alpha value is -1.97. The lowest BCUT2D eigenvalue weighted by Gasteiger charge is -2.18. The van der Waals surface area contributed by atoms with Gasteiger partial charge in [0.25, 0.3) is 0 Å². The number of phenolic OH excluding ortho intramolecular Hbond substituents is 1. The molecule has 1 atom stereocenters. The molecule has 0 aromatic heterocycles. The van der Waals surface area contributed by atoms with Crippen LogP contribution in [0.4, 0.5) is 0 Å². The van der Waals surface area contributed by atoms with Gasteiger partial charge in [0.1, 0.15) is 17.8 Å². The summed E-state index contributed by atoms with van der Waals surface area (Å²) in [5, 5.41) is 10.4. The molecule has 4 nitrogen and oxygen atoms in total. The first-order chi connectivity index (χ1) is 9.56. The number of ether oxygens (including phenoxy) is 2. The minimum absolute atomic E-state index is 0.0492. The topological polar surface area (TPSA) is 59.1 Å². The van der Waals surface area contributed by atoms with Crippen LogP contribution in [0.25, 0.3) is 0 Å². The number of Topliss-reactive ketones (excluding diaryl/α,β-unsaturated/α-hetero) is 1. The number of allylic oxidation sites excluding steroid dienone is 1. The van der Waals surface area contributed by atoms with Gasteiger partial charge in [0.05, 0.1) is 7.11 Å². The number of benzene rings is 1. The maximum Gasteiger partial charge on any atom is 0.161 e. The summed E-state index contributed by atoms with van der Waals surface area (Å²) in [6.45, 7) is 3.80. The summed E-state index contributed by atoms with van der Waals surface area (Å²) in [5.74, 6) is 1.59. The van der Waals surface area contributed by atoms with E-state index < -0.39 is 0 Å². The quantitative estimate of drug-likeness (QED) is 0.830. The predicted octanol–water partition coefficient (Wildman–Crippen LogP) is 3.29. The van der Waals surface area contributed by atoms with Crippen molar-refractivity contribution in [2.45, 2.75) is 39.0 Å². The molecular weight excluding hydrogens is 256 g/mol. The number of hydrogen-bond acceptors (Lipinski definition) is 4. The number of ketones is 1. The van der Waals surface area contributed by atoms with E-state index in [9.17, 15) is 9.90 Å². The van der Waals surface area contributed by atoms with Gasteiger partial charge in [0.15, 0.2) is 11.5 Å². The van der Waals surface area contributed by atoms with Gasteiger partial charge < -0.3 is 14.6 Å². The van der Waals surface area contributed by atoms with Gasteiger partial charge in [0, 0.05) is 24.8 Å². The highest BCUT2D eigenvalue weighted by molar-refractivity contribution is 5.79. The Morgan fingerprint density at radius 1 is 1.45 bits per heavy atom. The van der Waals surface area contributed by atoms with Crippen molar-refractivity contribution in [2.75, 3.05) is 7.11 Å². The number of carbonyl (C=O) groups excluding carboxylic acids is 1. The van der Waals surface area contributed by atoms with Crippen LogP contribution in [0.3, 0.4) is 0 Å². The van der Waals surface area contributed by atoms with Crippen LogP contribution in [0.5, 0.6) is 11.5 Å². The maximum atomic E-state index is 11.7. The van der Waals surface area contributed by atoms with Crippen LogP contribution in [0, 0.1) is 0 Å². The van der Waals surface area contributed by atoms with Crippen LogP contribution in [0.15, 0.2) is 24.2 Å². The fourth-order valence-electron chi connectivity index (χ4n) is 2.40. The molecular formula is C16H20O4. The molecule has 1 aliphatic heterocycles. The zero-order chi connectivity index (χ0) is 14.7. The second-order valence-corrected chi connectivity index (χ2v) is 5.07. The maximum absolute atomic E-state index is 11.7. The van der Waals surface area contributed by atoms with Crippen molar-refractivity contribution in [3.63, 3.8) is 0 Å². The highest BCUT2D eigenvalue weighted by Crippen LogP contribution is 2.40. The molecule has 1 aliphatic rings. The Morgan fingerprint density at radius 3 is 2.70 bits per heavy atom. The zero-order valence-electron chi connectivity index (χ0n) is 12.1. The number of methoxy groups -OCH3 is 1. The molecule has 0 fully saturated rings. The molecule has 1 aromatic rings. The first-order valence-corrected chi connectivity index (χ1v) is 6.82. The summed E-state index contributed by atoms with van der Waals surface area (Å²) in [7, 11) is 1.52. The normalized spacial score (nSPS) is 14.2. The lowest BCUT2D eigenvalue weighted by Crippen LogP contribution is -2.07. The Balaban J connectivity index is 2.34. The number of carbonyl (C=O) groups is 1. The van der Waals surface area contributed by atoms with E-state index in [1.54, 1.807) is 12.3 Å². The lowest BCUT2D eigenvalue weighted by atomic mass is 9.88. The number of aromatic hydroxyl groups is 1. The minimum atomic E-state index is -0.0492. The van der Waals surface area contributed by atoms with Crippen molar-refractivity contribution in [1.29, 1.82) is 0 Å². The molecule has 0 aliphatic carbocycles. The fraction of sp³-hybridized carbons (Fsp3) is 0.438. The molecule has 1 N–H and O–H groups in total. The first kappa shape index (κ1) is 14.4. The molecule has 0 radical (unpaired) electrons. The SMILES string of the molecule is CCC(=O)CC(C)c1c(CC2=CO2)ccc(OC)c1O. The summed E-state index contributed by atoms with van der Waals surface area (Å²) in [5.41, 5.74) is 1.76. The van der Waals surface area contributed by atoms with E-state index in [1.807, 2.05) is 19.9 Å². The van der Waals surface area contributed by atoms with Gasteiger partial charge in [-0.25, -0.2) is 0 Å². The van der Waals surface area contributed by atoms with Crippen LogP contribution in [-0.4, -0.2) is 18.0 Å². The molecule has 0 amide bonds. The third-order valence-corrected chi connectivity index (χ3v) is 3.56. The lowest BCUT2D eigenvalue weighted by molar-refractivity contribution is -0.119. The molecule has 0 bridgehead atoms. The van der Waals surface area contributed by atoms with Gasteiger partial charge >= 0.3 is 0 Å². The van der Waals surface area contributed by atoms with Crippen molar-refractivity contribution >= 4 is 5.78 Å². The highest BCUT2D eigenvalue weighted by Gasteiger charge is 2.23. The Labute approximate surface area is 119 Å². The Morgan fingerprint density at radius 2 is 2.15 bits per heavy atom. The smallest absolute Gasteiger partial charge is 0.161 e. The van der Waals surface area contributed by atoms with Gasteiger partial charge in [-0.15, -0.1) is 0 Å². The van der Waals surface area contributed by atoms with Crippen molar-refractivity contribution in [1.82, 2.24) is 0 Å². The Kier molecular flexibility index (Phi) is 4.32. The monoisotopic (exact) mass is 276 g/mol. The first-order valence-electron chi connectivity index (χ1n) is 6.82. The largest absolute Gasteiger partial charge is 0.504 e. The summed E-state index contributed by atoms with van der Waals surface area (Å²) in [6.07, 6.45) is 3.26. The average molecular weight is 276 g/mol. The van der Waals surface area contributed by atoms with E-state index in [2.05, 4.69) is 0 Å². The molecule has 0 saturated carbocycles. The van der Waals surface area contributed by atoms with Crippen LogP contribution < -0.4 is 4.74 Å². The minimum Gasteiger partial charge on any atom is -0.504 e. The summed E-state index contributed by atoms with van der Waals surface area (Å²) >= 11 is 0. The number of hydrogen-bond donors (Lipinski definition) is 1. The second-order valence-electron chi connectivity index (χ2n) is 5.07. The zero-order valence-corrected chi connectivity index (χ0v) is 12.1. The highest BCUT2D eigenvalue weighted by atomic mass is 16.5. The van der Waals surface area contributed by atoms with Crippen molar-refractivity contribution in [2.24, 2.45) is 0 Å². The predicted molar refractivity (Wildman–Crippen MR) is 75.9 cm³/mol. The van der Waals surface area contributed by atoms with E-state index in [0.717, 1.165) is 16.9 Å². The van der Waals surface area contributed by atoms with Gasteiger partial charge in [-0.05, 0) is 17.5 Å². The van der Waals surface area contributed by atoms with Crippen molar-refractivity contribution < 1.29 is 19.4 Å². The third-order valence-electron chi connectivity index (χ3n) is 3.56. The molecule has 4 heteroatoms. The fourth-order valence-corrected chi connectivity index (χ4v) is 2.40. The molecule has 1 heterocycles. The molecule has 0 spiro atoms. The number of phenols is 1. The molecule has 0 saturated heterocycles. The van der Waals surface area contributed by atoms with E-state index in [0.29, 0.717) is 25.0 Å². The summed E-state index contributed by atoms with van der Waals surface area (Å²) < 4.78 is 10.2. The van der Waals surface area contributed by atoms with Crippen molar-refractivity contribution in [3.8, 4) is 11.5 Å². The van der Waals surface area contributed by atoms with E-state index >= 15 is 0 Å². The van der Waals surface area contributed by atoms with Gasteiger partial charge in [-0.3, -0.25) is 4.79 Å². The van der Waals surface area contributed by atoms with Gasteiger partial charge in [-0.1, -0.05) is 19.9 Å². The van der Waals surface area contributed by atoms with Crippen LogP contribution in [0.1, 0.15) is 43.7 Å². The van der Waals surface area contributed by atoms with Gasteiger partial charge in [-0.2, -0.15) is 0 Å². The van der Waals surface area contributed by atoms with Gasteiger partial charge in [0.2, 0.25) is 0 Å². The van der Waals surface area contributed by atoms with Crippen LogP contribution in [0.2, 0.25) is 0 Å². The molecule has 1 aromatic carbocycles. The van der Waals surface area contributed by atoms with Crippen molar-refractivity contribution in [3.05, 3.63) is 35.3 Å². The van der Waals surface area contributed by atoms with E-state index in [-0.39, 0.29) is 17.5 Å². The van der Waals surface area contributed by atoms with E-state index in [4.69, 9.17) is 9.47 Å². The van der Waals surface area contributed by atoms with E-state index in [1.165, 1.54) is 7.11 Å². The van der Waals surface area contributed by atoms with Crippen LogP contribution >= 0.6 is 0 Å². The molecule has 108 valence electrons. The summed E-state index contributed by atoms with van der Waals surface area (Å²) in [6, 6.07) is 3.66. The second kappa shape index (κ2) is 5.99. The third kappa shape index (κ3) is 3.13. The average Bonchev–Trinajstić information content (AvgIpc) is 3.22. The standard InChI is InChI=1S/C16H20O4/c1-4-12(17)7-10(2)15-11(8-13-9-20-13)5-6-14(19-3)16(15)18/h5-6,9-10,18H,4,7-8H2,1-3H3.